The fraction of sp³-hybridized carbons (Fsp3) is 0.579. The summed E-state index contributed by atoms with van der Waals surface area (Å²) < 4.78 is 21.4. The predicted molar refractivity (Wildman–Crippen MR) is 90.8 cm³/mol. The number of carbonyl (C=O) groups excluding carboxylic acids is 2. The van der Waals surface area contributed by atoms with Gasteiger partial charge in [-0.1, -0.05) is 30.3 Å². The van der Waals surface area contributed by atoms with Crippen LogP contribution >= 0.6 is 0 Å². The summed E-state index contributed by atoms with van der Waals surface area (Å²) in [6.07, 6.45) is -0.242. The molecule has 0 spiro atoms. The summed E-state index contributed by atoms with van der Waals surface area (Å²) in [7, 11) is 0. The van der Waals surface area contributed by atoms with E-state index in [-0.39, 0.29) is 12.2 Å². The van der Waals surface area contributed by atoms with Gasteiger partial charge in [0.1, 0.15) is 6.10 Å². The minimum Gasteiger partial charge on any atom is -0.457 e. The molecule has 2 rings (SSSR count). The summed E-state index contributed by atoms with van der Waals surface area (Å²) in [5, 5.41) is 0. The SMILES string of the molecule is CC1CCC(OC(=O)[C@H](C)OC(=O)[C@@H](C)OCc2ccccc2)CO1. The Balaban J connectivity index is 1.71. The van der Waals surface area contributed by atoms with Gasteiger partial charge >= 0.3 is 11.9 Å². The average Bonchev–Trinajstić information content (AvgIpc) is 2.62. The van der Waals surface area contributed by atoms with Crippen molar-refractivity contribution in [2.75, 3.05) is 6.61 Å². The van der Waals surface area contributed by atoms with Gasteiger partial charge in [0.25, 0.3) is 0 Å². The third-order valence-corrected chi connectivity index (χ3v) is 4.04. The Kier molecular flexibility index (Phi) is 7.40. The zero-order valence-corrected chi connectivity index (χ0v) is 15.0. The highest BCUT2D eigenvalue weighted by molar-refractivity contribution is 5.81. The average molecular weight is 350 g/mol. The number of hydrogen-bond acceptors (Lipinski definition) is 6. The first kappa shape index (κ1) is 19.4. The van der Waals surface area contributed by atoms with E-state index in [0.717, 1.165) is 18.4 Å². The molecule has 0 bridgehead atoms. The van der Waals surface area contributed by atoms with Crippen molar-refractivity contribution in [2.45, 2.75) is 64.6 Å². The van der Waals surface area contributed by atoms with Crippen LogP contribution in [0.5, 0.6) is 0 Å². The molecule has 0 saturated carbocycles. The first-order chi connectivity index (χ1) is 12.0. The number of benzene rings is 1. The van der Waals surface area contributed by atoms with E-state index in [1.807, 2.05) is 37.3 Å². The first-order valence-electron chi connectivity index (χ1n) is 8.64. The molecule has 1 heterocycles. The number of ether oxygens (including phenoxy) is 4. The van der Waals surface area contributed by atoms with Gasteiger partial charge < -0.3 is 18.9 Å². The molecule has 25 heavy (non-hydrogen) atoms. The summed E-state index contributed by atoms with van der Waals surface area (Å²) in [5.41, 5.74) is 0.959. The molecule has 0 radical (unpaired) electrons. The number of rotatable bonds is 7. The van der Waals surface area contributed by atoms with Crippen LogP contribution in [-0.2, 0) is 35.1 Å². The Morgan fingerprint density at radius 3 is 2.48 bits per heavy atom. The van der Waals surface area contributed by atoms with E-state index in [9.17, 15) is 9.59 Å². The van der Waals surface area contributed by atoms with Crippen molar-refractivity contribution in [2.24, 2.45) is 0 Å². The highest BCUT2D eigenvalue weighted by atomic mass is 16.6. The molecule has 6 nitrogen and oxygen atoms in total. The van der Waals surface area contributed by atoms with Crippen LogP contribution in [0.1, 0.15) is 39.2 Å². The lowest BCUT2D eigenvalue weighted by Crippen LogP contribution is -2.37. The zero-order valence-electron chi connectivity index (χ0n) is 15.0. The monoisotopic (exact) mass is 350 g/mol. The highest BCUT2D eigenvalue weighted by Gasteiger charge is 2.28. The number of esters is 2. The second kappa shape index (κ2) is 9.53. The van der Waals surface area contributed by atoms with Gasteiger partial charge in [0.15, 0.2) is 12.2 Å². The van der Waals surface area contributed by atoms with Crippen LogP contribution in [-0.4, -0.2) is 43.0 Å². The summed E-state index contributed by atoms with van der Waals surface area (Å²) in [4.78, 5) is 24.1. The third-order valence-electron chi connectivity index (χ3n) is 4.04. The maximum absolute atomic E-state index is 12.0. The summed E-state index contributed by atoms with van der Waals surface area (Å²) in [6, 6.07) is 9.52. The molecule has 1 aliphatic heterocycles. The van der Waals surface area contributed by atoms with Crippen LogP contribution in [0.2, 0.25) is 0 Å². The number of carbonyl (C=O) groups is 2. The Morgan fingerprint density at radius 1 is 1.12 bits per heavy atom. The van der Waals surface area contributed by atoms with E-state index < -0.39 is 24.1 Å². The van der Waals surface area contributed by atoms with Gasteiger partial charge in [-0.05, 0) is 39.2 Å². The molecular formula is C19H26O6. The molecule has 1 aromatic carbocycles. The molecule has 4 atom stereocenters. The van der Waals surface area contributed by atoms with Crippen molar-refractivity contribution < 1.29 is 28.5 Å². The summed E-state index contributed by atoms with van der Waals surface area (Å²) >= 11 is 0. The van der Waals surface area contributed by atoms with Gasteiger partial charge in [0, 0.05) is 0 Å². The normalized spacial score (nSPS) is 22.7. The second-order valence-electron chi connectivity index (χ2n) is 6.30. The van der Waals surface area contributed by atoms with Crippen molar-refractivity contribution in [3.8, 4) is 0 Å². The molecular weight excluding hydrogens is 324 g/mol. The van der Waals surface area contributed by atoms with Gasteiger partial charge in [0.05, 0.1) is 19.3 Å². The Morgan fingerprint density at radius 2 is 1.84 bits per heavy atom. The molecule has 0 N–H and O–H groups in total. The lowest BCUT2D eigenvalue weighted by Gasteiger charge is -2.27. The van der Waals surface area contributed by atoms with Crippen molar-refractivity contribution in [3.05, 3.63) is 35.9 Å². The smallest absolute Gasteiger partial charge is 0.347 e. The van der Waals surface area contributed by atoms with E-state index >= 15 is 0 Å². The molecule has 0 aromatic heterocycles. The largest absolute Gasteiger partial charge is 0.457 e. The topological polar surface area (TPSA) is 71.1 Å². The van der Waals surface area contributed by atoms with Gasteiger partial charge in [-0.25, -0.2) is 9.59 Å². The molecule has 138 valence electrons. The van der Waals surface area contributed by atoms with Crippen molar-refractivity contribution in [1.82, 2.24) is 0 Å². The molecule has 2 unspecified atom stereocenters. The lowest BCUT2D eigenvalue weighted by atomic mass is 10.1. The van der Waals surface area contributed by atoms with E-state index in [4.69, 9.17) is 18.9 Å². The van der Waals surface area contributed by atoms with E-state index in [0.29, 0.717) is 13.2 Å². The molecule has 1 aliphatic rings. The van der Waals surface area contributed by atoms with Crippen LogP contribution in [0.15, 0.2) is 30.3 Å². The van der Waals surface area contributed by atoms with Crippen LogP contribution < -0.4 is 0 Å². The molecule has 0 amide bonds. The molecule has 1 saturated heterocycles. The van der Waals surface area contributed by atoms with Gasteiger partial charge in [-0.3, -0.25) is 0 Å². The Bertz CT molecular complexity index is 550. The molecule has 0 aliphatic carbocycles. The minimum atomic E-state index is -0.977. The zero-order chi connectivity index (χ0) is 18.2. The maximum atomic E-state index is 12.0. The van der Waals surface area contributed by atoms with E-state index in [1.165, 1.54) is 6.92 Å². The number of hydrogen-bond donors (Lipinski definition) is 0. The molecule has 1 fully saturated rings. The van der Waals surface area contributed by atoms with Gasteiger partial charge in [-0.15, -0.1) is 0 Å². The molecule has 1 aromatic rings. The third kappa shape index (κ3) is 6.48. The Hall–Kier alpha value is -1.92. The maximum Gasteiger partial charge on any atom is 0.347 e. The van der Waals surface area contributed by atoms with Crippen LogP contribution in [0.3, 0.4) is 0 Å². The summed E-state index contributed by atoms with van der Waals surface area (Å²) in [6.45, 7) is 5.76. The predicted octanol–water partition coefficient (Wildman–Crippen LogP) is 2.63. The fourth-order valence-corrected chi connectivity index (χ4v) is 2.39. The van der Waals surface area contributed by atoms with Crippen molar-refractivity contribution in [1.29, 1.82) is 0 Å². The van der Waals surface area contributed by atoms with E-state index in [1.54, 1.807) is 6.92 Å². The second-order valence-corrected chi connectivity index (χ2v) is 6.30. The van der Waals surface area contributed by atoms with Crippen molar-refractivity contribution >= 4 is 11.9 Å². The van der Waals surface area contributed by atoms with Gasteiger partial charge in [-0.2, -0.15) is 0 Å². The standard InChI is InChI=1S/C19H26O6/c1-13-9-10-17(12-22-13)25-19(21)15(3)24-18(20)14(2)23-11-16-7-5-4-6-8-16/h4-8,13-15,17H,9-12H2,1-3H3/t13?,14-,15+,17?/m1/s1. The Labute approximate surface area is 148 Å². The lowest BCUT2D eigenvalue weighted by molar-refractivity contribution is -0.180. The van der Waals surface area contributed by atoms with Crippen molar-refractivity contribution in [3.63, 3.8) is 0 Å². The van der Waals surface area contributed by atoms with Crippen LogP contribution in [0, 0.1) is 0 Å². The molecule has 6 heteroatoms. The summed E-state index contributed by atoms with van der Waals surface area (Å²) in [5.74, 6) is -1.15. The first-order valence-corrected chi connectivity index (χ1v) is 8.64. The van der Waals surface area contributed by atoms with Gasteiger partial charge in [0.2, 0.25) is 0 Å². The van der Waals surface area contributed by atoms with Crippen LogP contribution in [0.25, 0.3) is 0 Å². The van der Waals surface area contributed by atoms with Crippen LogP contribution in [0.4, 0.5) is 0 Å². The quantitative estimate of drug-likeness (QED) is 0.704. The minimum absolute atomic E-state index is 0.188. The van der Waals surface area contributed by atoms with E-state index in [2.05, 4.69) is 0 Å². The fourth-order valence-electron chi connectivity index (χ4n) is 2.39. The highest BCUT2D eigenvalue weighted by Crippen LogP contribution is 2.16.